The SMILES string of the molecule is O=C(NCCC1CCN(Cc2ccccc2)CC1)c1ccc(-c2ccccc2OC2CCN(C(=O)O)CC2)s1. The minimum atomic E-state index is -0.873. The molecule has 2 aromatic carbocycles. The van der Waals surface area contributed by atoms with Gasteiger partial charge < -0.3 is 20.1 Å². The molecule has 1 aromatic heterocycles. The Morgan fingerprint density at radius 2 is 1.62 bits per heavy atom. The molecule has 2 saturated heterocycles. The Balaban J connectivity index is 1.08. The van der Waals surface area contributed by atoms with E-state index in [0.29, 0.717) is 43.3 Å². The van der Waals surface area contributed by atoms with Crippen LogP contribution >= 0.6 is 11.3 Å². The molecule has 0 spiro atoms. The molecule has 2 amide bonds. The maximum absolute atomic E-state index is 12.9. The van der Waals surface area contributed by atoms with Crippen LogP contribution in [0.5, 0.6) is 5.75 Å². The summed E-state index contributed by atoms with van der Waals surface area (Å²) >= 11 is 1.48. The zero-order valence-corrected chi connectivity index (χ0v) is 23.1. The molecule has 7 nitrogen and oxygen atoms in total. The highest BCUT2D eigenvalue weighted by Gasteiger charge is 2.25. The van der Waals surface area contributed by atoms with E-state index in [-0.39, 0.29) is 12.0 Å². The lowest BCUT2D eigenvalue weighted by Gasteiger charge is -2.32. The maximum Gasteiger partial charge on any atom is 0.407 e. The summed E-state index contributed by atoms with van der Waals surface area (Å²) in [5, 5.41) is 12.3. The molecule has 8 heteroatoms. The van der Waals surface area contributed by atoms with Crippen molar-refractivity contribution in [1.82, 2.24) is 15.1 Å². The quantitative estimate of drug-likeness (QED) is 0.345. The van der Waals surface area contributed by atoms with Gasteiger partial charge >= 0.3 is 6.09 Å². The van der Waals surface area contributed by atoms with Crippen molar-refractivity contribution in [3.05, 3.63) is 77.2 Å². The van der Waals surface area contributed by atoms with Gasteiger partial charge in [-0.05, 0) is 68.1 Å². The number of likely N-dealkylation sites (tertiary alicyclic amines) is 2. The van der Waals surface area contributed by atoms with Crippen LogP contribution in [0.3, 0.4) is 0 Å². The van der Waals surface area contributed by atoms with Gasteiger partial charge in [-0.3, -0.25) is 9.69 Å². The summed E-state index contributed by atoms with van der Waals surface area (Å²) in [6, 6.07) is 22.4. The van der Waals surface area contributed by atoms with E-state index in [1.54, 1.807) is 0 Å². The van der Waals surface area contributed by atoms with Gasteiger partial charge in [0.05, 0.1) is 4.88 Å². The predicted octanol–water partition coefficient (Wildman–Crippen LogP) is 5.97. The van der Waals surface area contributed by atoms with Crippen LogP contribution in [0.25, 0.3) is 10.4 Å². The smallest absolute Gasteiger partial charge is 0.407 e. The molecular weight excluding hydrogens is 510 g/mol. The molecule has 0 saturated carbocycles. The largest absolute Gasteiger partial charge is 0.490 e. The Kier molecular flexibility index (Phi) is 9.16. The van der Waals surface area contributed by atoms with Crippen molar-refractivity contribution >= 4 is 23.3 Å². The van der Waals surface area contributed by atoms with Crippen molar-refractivity contribution in [3.63, 3.8) is 0 Å². The molecule has 3 aromatic rings. The Hall–Kier alpha value is -3.36. The van der Waals surface area contributed by atoms with E-state index in [9.17, 15) is 14.7 Å². The van der Waals surface area contributed by atoms with E-state index in [0.717, 1.165) is 42.2 Å². The lowest BCUT2D eigenvalue weighted by molar-refractivity contribution is 0.0896. The van der Waals surface area contributed by atoms with Crippen LogP contribution in [0.1, 0.15) is 47.3 Å². The van der Waals surface area contributed by atoms with Gasteiger partial charge in [0.1, 0.15) is 11.9 Å². The number of benzene rings is 2. The number of nitrogens with one attached hydrogen (secondary N) is 1. The van der Waals surface area contributed by atoms with Gasteiger partial charge in [0, 0.05) is 49.5 Å². The zero-order chi connectivity index (χ0) is 27.0. The third kappa shape index (κ3) is 7.40. The third-order valence-electron chi connectivity index (χ3n) is 7.78. The standard InChI is InChI=1S/C31H37N3O4S/c35-30(32-17-12-23-13-18-33(19-14-23)22-24-6-2-1-3-7-24)29-11-10-28(39-29)26-8-4-5-9-27(26)38-25-15-20-34(21-16-25)31(36)37/h1-11,23,25H,12-22H2,(H,32,35)(H,36,37). The summed E-state index contributed by atoms with van der Waals surface area (Å²) in [5.74, 6) is 1.41. The molecule has 2 N–H and O–H groups in total. The number of piperidine rings is 2. The molecule has 2 fully saturated rings. The van der Waals surface area contributed by atoms with E-state index in [1.807, 2.05) is 36.4 Å². The zero-order valence-electron chi connectivity index (χ0n) is 22.3. The number of hydrogen-bond donors (Lipinski definition) is 2. The van der Waals surface area contributed by atoms with Crippen LogP contribution in [-0.4, -0.2) is 65.7 Å². The van der Waals surface area contributed by atoms with Crippen LogP contribution < -0.4 is 10.1 Å². The molecule has 5 rings (SSSR count). The number of carbonyl (C=O) groups excluding carboxylic acids is 1. The summed E-state index contributed by atoms with van der Waals surface area (Å²) in [6.07, 6.45) is 3.82. The van der Waals surface area contributed by atoms with E-state index in [1.165, 1.54) is 34.6 Å². The second kappa shape index (κ2) is 13.1. The summed E-state index contributed by atoms with van der Waals surface area (Å²) in [7, 11) is 0. The molecule has 2 aliphatic heterocycles. The number of thiophene rings is 1. The summed E-state index contributed by atoms with van der Waals surface area (Å²) < 4.78 is 6.29. The molecule has 0 aliphatic carbocycles. The molecule has 206 valence electrons. The number of rotatable bonds is 9. The fourth-order valence-corrected chi connectivity index (χ4v) is 6.43. The minimum absolute atomic E-state index is 0.0188. The topological polar surface area (TPSA) is 82.1 Å². The number of nitrogens with zero attached hydrogens (tertiary/aromatic N) is 2. The maximum atomic E-state index is 12.9. The first kappa shape index (κ1) is 27.2. The molecule has 39 heavy (non-hydrogen) atoms. The van der Waals surface area contributed by atoms with Gasteiger partial charge in [-0.25, -0.2) is 4.79 Å². The minimum Gasteiger partial charge on any atom is -0.490 e. The van der Waals surface area contributed by atoms with Crippen molar-refractivity contribution in [1.29, 1.82) is 0 Å². The first-order valence-corrected chi connectivity index (χ1v) is 14.7. The van der Waals surface area contributed by atoms with Crippen molar-refractivity contribution in [2.24, 2.45) is 5.92 Å². The Morgan fingerprint density at radius 1 is 0.897 bits per heavy atom. The summed E-state index contributed by atoms with van der Waals surface area (Å²) in [6.45, 7) is 4.91. The Labute approximate surface area is 234 Å². The second-order valence-electron chi connectivity index (χ2n) is 10.5. The summed E-state index contributed by atoms with van der Waals surface area (Å²) in [5.41, 5.74) is 2.33. The third-order valence-corrected chi connectivity index (χ3v) is 8.90. The fraction of sp³-hybridized carbons (Fsp3) is 0.419. The van der Waals surface area contributed by atoms with Crippen LogP contribution in [0.4, 0.5) is 4.79 Å². The molecule has 0 bridgehead atoms. The van der Waals surface area contributed by atoms with Crippen molar-refractivity contribution in [2.75, 3.05) is 32.7 Å². The molecule has 3 heterocycles. The Bertz CT molecular complexity index is 1230. The molecule has 0 unspecified atom stereocenters. The monoisotopic (exact) mass is 547 g/mol. The molecule has 2 aliphatic rings. The van der Waals surface area contributed by atoms with Gasteiger partial charge in [-0.2, -0.15) is 0 Å². The highest BCUT2D eigenvalue weighted by molar-refractivity contribution is 7.17. The van der Waals surface area contributed by atoms with E-state index in [2.05, 4.69) is 40.5 Å². The second-order valence-corrected chi connectivity index (χ2v) is 11.6. The average molecular weight is 548 g/mol. The lowest BCUT2D eigenvalue weighted by Crippen LogP contribution is -2.41. The van der Waals surface area contributed by atoms with E-state index in [4.69, 9.17) is 4.74 Å². The number of hydrogen-bond acceptors (Lipinski definition) is 5. The first-order chi connectivity index (χ1) is 19.0. The number of carbonyl (C=O) groups is 2. The van der Waals surface area contributed by atoms with Gasteiger partial charge in [-0.15, -0.1) is 11.3 Å². The van der Waals surface area contributed by atoms with Crippen LogP contribution in [0, 0.1) is 5.92 Å². The van der Waals surface area contributed by atoms with Crippen molar-refractivity contribution in [2.45, 2.75) is 44.8 Å². The van der Waals surface area contributed by atoms with Gasteiger partial charge in [-0.1, -0.05) is 42.5 Å². The first-order valence-electron chi connectivity index (χ1n) is 13.9. The van der Waals surface area contributed by atoms with Crippen molar-refractivity contribution in [3.8, 4) is 16.2 Å². The van der Waals surface area contributed by atoms with Crippen LogP contribution in [0.2, 0.25) is 0 Å². The summed E-state index contributed by atoms with van der Waals surface area (Å²) in [4.78, 5) is 29.7. The number of amides is 2. The van der Waals surface area contributed by atoms with E-state index < -0.39 is 6.09 Å². The molecule has 0 atom stereocenters. The highest BCUT2D eigenvalue weighted by Crippen LogP contribution is 2.36. The number of carboxylic acid groups (broad SMARTS) is 1. The van der Waals surface area contributed by atoms with Gasteiger partial charge in [0.2, 0.25) is 0 Å². The van der Waals surface area contributed by atoms with E-state index >= 15 is 0 Å². The number of para-hydroxylation sites is 1. The normalized spacial score (nSPS) is 17.2. The Morgan fingerprint density at radius 3 is 2.36 bits per heavy atom. The number of ether oxygens (including phenoxy) is 1. The van der Waals surface area contributed by atoms with Crippen molar-refractivity contribution < 1.29 is 19.4 Å². The van der Waals surface area contributed by atoms with Crippen LogP contribution in [-0.2, 0) is 6.54 Å². The van der Waals surface area contributed by atoms with Gasteiger partial charge in [0.25, 0.3) is 5.91 Å². The lowest BCUT2D eigenvalue weighted by atomic mass is 9.93. The fourth-order valence-electron chi connectivity index (χ4n) is 5.47. The van der Waals surface area contributed by atoms with Gasteiger partial charge in [0.15, 0.2) is 0 Å². The highest BCUT2D eigenvalue weighted by atomic mass is 32.1. The predicted molar refractivity (Wildman–Crippen MR) is 154 cm³/mol. The molecular formula is C31H37N3O4S. The average Bonchev–Trinajstić information content (AvgIpc) is 3.46. The van der Waals surface area contributed by atoms with Crippen LogP contribution in [0.15, 0.2) is 66.7 Å². The molecule has 0 radical (unpaired) electrons.